The molecule has 5 heteroatoms. The van der Waals surface area contributed by atoms with Crippen molar-refractivity contribution in [1.82, 2.24) is 4.90 Å². The molecule has 0 aliphatic rings. The van der Waals surface area contributed by atoms with E-state index in [4.69, 9.17) is 21.4 Å². The van der Waals surface area contributed by atoms with Crippen LogP contribution in [0.25, 0.3) is 0 Å². The molecule has 1 aromatic rings. The second-order valence-electron chi connectivity index (χ2n) is 3.73. The summed E-state index contributed by atoms with van der Waals surface area (Å²) in [5.74, 6) is 0. The molecule has 0 heterocycles. The molecule has 0 aromatic heterocycles. The molecule has 0 aliphatic heterocycles. The quantitative estimate of drug-likeness (QED) is 0.837. The van der Waals surface area contributed by atoms with Crippen molar-refractivity contribution in [3.05, 3.63) is 33.3 Å². The van der Waals surface area contributed by atoms with E-state index < -0.39 is 0 Å². The van der Waals surface area contributed by atoms with E-state index in [0.717, 1.165) is 28.1 Å². The molecule has 17 heavy (non-hydrogen) atoms. The standard InChI is InChI=1S/C12H17BrClNO2/c1-17-7-5-15(4-6-16)9-10-2-3-11(13)8-12(10)14/h2-3,8,16H,4-7,9H2,1H3. The third-order valence-electron chi connectivity index (χ3n) is 2.44. The first-order valence-electron chi connectivity index (χ1n) is 5.43. The molecule has 0 fully saturated rings. The first-order chi connectivity index (χ1) is 8.17. The van der Waals surface area contributed by atoms with Gasteiger partial charge in [-0.2, -0.15) is 0 Å². The van der Waals surface area contributed by atoms with Gasteiger partial charge >= 0.3 is 0 Å². The average Bonchev–Trinajstić information content (AvgIpc) is 2.29. The molecule has 0 unspecified atom stereocenters. The highest BCUT2D eigenvalue weighted by molar-refractivity contribution is 9.10. The third-order valence-corrected chi connectivity index (χ3v) is 3.28. The van der Waals surface area contributed by atoms with Crippen LogP contribution < -0.4 is 0 Å². The van der Waals surface area contributed by atoms with Crippen molar-refractivity contribution < 1.29 is 9.84 Å². The van der Waals surface area contributed by atoms with E-state index in [-0.39, 0.29) is 6.61 Å². The number of rotatable bonds is 7. The van der Waals surface area contributed by atoms with Crippen molar-refractivity contribution >= 4 is 27.5 Å². The number of hydrogen-bond acceptors (Lipinski definition) is 3. The van der Waals surface area contributed by atoms with Gasteiger partial charge in [-0.05, 0) is 17.7 Å². The fourth-order valence-corrected chi connectivity index (χ4v) is 2.26. The average molecular weight is 323 g/mol. The number of hydrogen-bond donors (Lipinski definition) is 1. The molecule has 1 N–H and O–H groups in total. The summed E-state index contributed by atoms with van der Waals surface area (Å²) in [5.41, 5.74) is 1.06. The monoisotopic (exact) mass is 321 g/mol. The largest absolute Gasteiger partial charge is 0.395 e. The minimum absolute atomic E-state index is 0.137. The molecule has 0 amide bonds. The zero-order chi connectivity index (χ0) is 12.7. The van der Waals surface area contributed by atoms with Crippen LogP contribution in [0.4, 0.5) is 0 Å². The van der Waals surface area contributed by atoms with E-state index in [1.54, 1.807) is 7.11 Å². The Morgan fingerprint density at radius 1 is 1.41 bits per heavy atom. The van der Waals surface area contributed by atoms with Gasteiger partial charge in [0.2, 0.25) is 0 Å². The SMILES string of the molecule is COCCN(CCO)Cc1ccc(Br)cc1Cl. The maximum Gasteiger partial charge on any atom is 0.0589 e. The van der Waals surface area contributed by atoms with Crippen molar-refractivity contribution in [2.75, 3.05) is 33.4 Å². The van der Waals surface area contributed by atoms with Crippen molar-refractivity contribution in [3.63, 3.8) is 0 Å². The Morgan fingerprint density at radius 2 is 2.18 bits per heavy atom. The number of aliphatic hydroxyl groups excluding tert-OH is 1. The molecular formula is C12H17BrClNO2. The van der Waals surface area contributed by atoms with Crippen molar-refractivity contribution in [2.24, 2.45) is 0 Å². The lowest BCUT2D eigenvalue weighted by Crippen LogP contribution is -2.29. The van der Waals surface area contributed by atoms with Crippen LogP contribution in [0.1, 0.15) is 5.56 Å². The van der Waals surface area contributed by atoms with Crippen molar-refractivity contribution in [1.29, 1.82) is 0 Å². The molecule has 0 saturated carbocycles. The number of methoxy groups -OCH3 is 1. The second kappa shape index (κ2) is 8.06. The van der Waals surface area contributed by atoms with Gasteiger partial charge in [-0.15, -0.1) is 0 Å². The summed E-state index contributed by atoms with van der Waals surface area (Å²) >= 11 is 9.53. The van der Waals surface area contributed by atoms with Gasteiger partial charge < -0.3 is 9.84 Å². The first-order valence-corrected chi connectivity index (χ1v) is 6.60. The van der Waals surface area contributed by atoms with E-state index in [1.165, 1.54) is 0 Å². The fourth-order valence-electron chi connectivity index (χ4n) is 1.52. The van der Waals surface area contributed by atoms with Crippen LogP contribution in [-0.4, -0.2) is 43.4 Å². The Bertz CT molecular complexity index is 349. The van der Waals surface area contributed by atoms with Crippen LogP contribution >= 0.6 is 27.5 Å². The van der Waals surface area contributed by atoms with Gasteiger partial charge in [-0.25, -0.2) is 0 Å². The zero-order valence-corrected chi connectivity index (χ0v) is 12.2. The van der Waals surface area contributed by atoms with Crippen LogP contribution in [0.5, 0.6) is 0 Å². The number of benzene rings is 1. The highest BCUT2D eigenvalue weighted by atomic mass is 79.9. The van der Waals surface area contributed by atoms with Gasteiger partial charge in [0.05, 0.1) is 13.2 Å². The van der Waals surface area contributed by atoms with E-state index in [0.29, 0.717) is 13.2 Å². The molecule has 0 bridgehead atoms. The lowest BCUT2D eigenvalue weighted by molar-refractivity contribution is 0.127. The van der Waals surface area contributed by atoms with Crippen LogP contribution in [0.3, 0.4) is 0 Å². The second-order valence-corrected chi connectivity index (χ2v) is 5.05. The van der Waals surface area contributed by atoms with Gasteiger partial charge in [0.1, 0.15) is 0 Å². The molecule has 0 spiro atoms. The molecule has 1 aromatic carbocycles. The zero-order valence-electron chi connectivity index (χ0n) is 9.83. The Hall–Kier alpha value is -0.130. The normalized spacial score (nSPS) is 11.1. The summed E-state index contributed by atoms with van der Waals surface area (Å²) in [6.07, 6.45) is 0. The third kappa shape index (κ3) is 5.36. The highest BCUT2D eigenvalue weighted by Gasteiger charge is 2.08. The van der Waals surface area contributed by atoms with Gasteiger partial charge in [0, 0.05) is 36.2 Å². The molecular weight excluding hydrogens is 305 g/mol. The van der Waals surface area contributed by atoms with Crippen molar-refractivity contribution in [3.8, 4) is 0 Å². The van der Waals surface area contributed by atoms with Gasteiger partial charge in [-0.1, -0.05) is 33.6 Å². The first kappa shape index (κ1) is 14.9. The van der Waals surface area contributed by atoms with Crippen LogP contribution in [-0.2, 0) is 11.3 Å². The van der Waals surface area contributed by atoms with Gasteiger partial charge in [0.15, 0.2) is 0 Å². The number of ether oxygens (including phenoxy) is 1. The Kier molecular flexibility index (Phi) is 7.08. The topological polar surface area (TPSA) is 32.7 Å². The number of halogens is 2. The molecule has 0 aliphatic carbocycles. The summed E-state index contributed by atoms with van der Waals surface area (Å²) in [6.45, 7) is 2.90. The summed E-state index contributed by atoms with van der Waals surface area (Å²) < 4.78 is 6.01. The lowest BCUT2D eigenvalue weighted by atomic mass is 10.2. The maximum absolute atomic E-state index is 9.00. The number of aliphatic hydroxyl groups is 1. The van der Waals surface area contributed by atoms with Gasteiger partial charge in [0.25, 0.3) is 0 Å². The molecule has 3 nitrogen and oxygen atoms in total. The number of nitrogens with zero attached hydrogens (tertiary/aromatic N) is 1. The predicted octanol–water partition coefficient (Wildman–Crippen LogP) is 2.54. The molecule has 96 valence electrons. The van der Waals surface area contributed by atoms with E-state index in [9.17, 15) is 0 Å². The molecule has 0 saturated heterocycles. The molecule has 0 radical (unpaired) electrons. The van der Waals surface area contributed by atoms with Gasteiger partial charge in [-0.3, -0.25) is 4.90 Å². The lowest BCUT2D eigenvalue weighted by Gasteiger charge is -2.21. The van der Waals surface area contributed by atoms with Crippen LogP contribution in [0, 0.1) is 0 Å². The van der Waals surface area contributed by atoms with E-state index in [2.05, 4.69) is 20.8 Å². The Balaban J connectivity index is 2.64. The van der Waals surface area contributed by atoms with Crippen LogP contribution in [0.15, 0.2) is 22.7 Å². The smallest absolute Gasteiger partial charge is 0.0589 e. The maximum atomic E-state index is 9.00. The molecule has 0 atom stereocenters. The Labute approximate surface area is 115 Å². The minimum Gasteiger partial charge on any atom is -0.395 e. The summed E-state index contributed by atoms with van der Waals surface area (Å²) in [5, 5.41) is 9.74. The summed E-state index contributed by atoms with van der Waals surface area (Å²) in [4.78, 5) is 2.11. The summed E-state index contributed by atoms with van der Waals surface area (Å²) in [6, 6.07) is 5.84. The van der Waals surface area contributed by atoms with Crippen LogP contribution in [0.2, 0.25) is 5.02 Å². The van der Waals surface area contributed by atoms with Crippen molar-refractivity contribution in [2.45, 2.75) is 6.54 Å². The van der Waals surface area contributed by atoms with E-state index >= 15 is 0 Å². The minimum atomic E-state index is 0.137. The predicted molar refractivity (Wildman–Crippen MR) is 73.4 cm³/mol. The summed E-state index contributed by atoms with van der Waals surface area (Å²) in [7, 11) is 1.67. The Morgan fingerprint density at radius 3 is 2.76 bits per heavy atom. The van der Waals surface area contributed by atoms with E-state index in [1.807, 2.05) is 18.2 Å². The fraction of sp³-hybridized carbons (Fsp3) is 0.500. The highest BCUT2D eigenvalue weighted by Crippen LogP contribution is 2.22. The molecule has 1 rings (SSSR count).